The number of carbonyl (C=O) groups is 1. The number of cyclic esters (lactones) is 1. The van der Waals surface area contributed by atoms with E-state index in [-0.39, 0.29) is 17.8 Å². The van der Waals surface area contributed by atoms with Gasteiger partial charge >= 0.3 is 12.1 Å². The van der Waals surface area contributed by atoms with Gasteiger partial charge in [0.2, 0.25) is 0 Å². The molecule has 26 heavy (non-hydrogen) atoms. The van der Waals surface area contributed by atoms with Gasteiger partial charge in [0.15, 0.2) is 0 Å². The molecule has 2 aromatic carbocycles. The Hall–Kier alpha value is -2.50. The number of halogens is 3. The van der Waals surface area contributed by atoms with Crippen molar-refractivity contribution in [3.05, 3.63) is 65.2 Å². The Balaban J connectivity index is 1.69. The highest BCUT2D eigenvalue weighted by Gasteiger charge is 2.37. The van der Waals surface area contributed by atoms with E-state index in [0.29, 0.717) is 25.0 Å². The van der Waals surface area contributed by atoms with Crippen molar-refractivity contribution in [1.82, 2.24) is 0 Å². The maximum atomic E-state index is 12.7. The minimum atomic E-state index is -4.36. The molecule has 1 fully saturated rings. The zero-order valence-electron chi connectivity index (χ0n) is 14.3. The Morgan fingerprint density at radius 2 is 1.58 bits per heavy atom. The first-order chi connectivity index (χ1) is 12.4. The molecular formula is C20H19F3O3. The molecule has 6 heteroatoms. The molecule has 0 aliphatic carbocycles. The fourth-order valence-corrected chi connectivity index (χ4v) is 3.20. The summed E-state index contributed by atoms with van der Waals surface area (Å²) in [6.07, 6.45) is -3.32. The molecule has 3 rings (SSSR count). The minimum Gasteiger partial charge on any atom is -0.497 e. The van der Waals surface area contributed by atoms with Gasteiger partial charge in [-0.15, -0.1) is 0 Å². The van der Waals surface area contributed by atoms with Gasteiger partial charge in [0.25, 0.3) is 0 Å². The molecular weight excluding hydrogens is 345 g/mol. The first-order valence-corrected chi connectivity index (χ1v) is 8.32. The third kappa shape index (κ3) is 4.18. The van der Waals surface area contributed by atoms with Gasteiger partial charge in [-0.3, -0.25) is 4.79 Å². The molecule has 0 aromatic heterocycles. The van der Waals surface area contributed by atoms with Gasteiger partial charge in [0, 0.05) is 5.92 Å². The number of methoxy groups -OCH3 is 1. The summed E-state index contributed by atoms with van der Waals surface area (Å²) < 4.78 is 48.3. The second kappa shape index (κ2) is 7.40. The summed E-state index contributed by atoms with van der Waals surface area (Å²) in [6.45, 7) is 0.330. The van der Waals surface area contributed by atoms with Crippen molar-refractivity contribution in [1.29, 1.82) is 0 Å². The lowest BCUT2D eigenvalue weighted by molar-refractivity contribution is -0.141. The van der Waals surface area contributed by atoms with Crippen molar-refractivity contribution in [3.8, 4) is 5.75 Å². The maximum Gasteiger partial charge on any atom is 0.416 e. The summed E-state index contributed by atoms with van der Waals surface area (Å²) in [6, 6.07) is 12.6. The lowest BCUT2D eigenvalue weighted by Crippen LogP contribution is -2.20. The molecule has 2 unspecified atom stereocenters. The Morgan fingerprint density at radius 3 is 2.15 bits per heavy atom. The second-order valence-electron chi connectivity index (χ2n) is 6.45. The Labute approximate surface area is 149 Å². The van der Waals surface area contributed by atoms with Crippen LogP contribution in [0.25, 0.3) is 0 Å². The average Bonchev–Trinajstić information content (AvgIpc) is 2.95. The summed E-state index contributed by atoms with van der Waals surface area (Å²) in [7, 11) is 1.60. The van der Waals surface area contributed by atoms with Gasteiger partial charge in [-0.1, -0.05) is 24.3 Å². The Bertz CT molecular complexity index is 751. The van der Waals surface area contributed by atoms with Crippen LogP contribution in [-0.4, -0.2) is 19.7 Å². The smallest absolute Gasteiger partial charge is 0.416 e. The van der Waals surface area contributed by atoms with E-state index in [0.717, 1.165) is 23.4 Å². The third-order valence-corrected chi connectivity index (χ3v) is 4.71. The molecule has 0 saturated carbocycles. The monoisotopic (exact) mass is 364 g/mol. The van der Waals surface area contributed by atoms with E-state index < -0.39 is 11.7 Å². The number of carbonyl (C=O) groups excluding carboxylic acids is 1. The van der Waals surface area contributed by atoms with E-state index in [2.05, 4.69) is 0 Å². The SMILES string of the molecule is COc1ccc(CC2COC(=O)C2Cc2ccc(C(F)(F)F)cc2)cc1. The molecule has 0 bridgehead atoms. The van der Waals surface area contributed by atoms with Crippen LogP contribution in [0.4, 0.5) is 13.2 Å². The fourth-order valence-electron chi connectivity index (χ4n) is 3.20. The minimum absolute atomic E-state index is 0.00168. The summed E-state index contributed by atoms with van der Waals surface area (Å²) in [5.41, 5.74) is 1.07. The van der Waals surface area contributed by atoms with E-state index in [4.69, 9.17) is 9.47 Å². The van der Waals surface area contributed by atoms with Crippen LogP contribution in [0.5, 0.6) is 5.75 Å². The Morgan fingerprint density at radius 1 is 1.00 bits per heavy atom. The van der Waals surface area contributed by atoms with Crippen LogP contribution in [0.3, 0.4) is 0 Å². The molecule has 0 spiro atoms. The van der Waals surface area contributed by atoms with Crippen molar-refractivity contribution in [3.63, 3.8) is 0 Å². The molecule has 0 amide bonds. The molecule has 1 aliphatic rings. The summed E-state index contributed by atoms with van der Waals surface area (Å²) in [4.78, 5) is 12.1. The first kappa shape index (κ1) is 18.3. The highest BCUT2D eigenvalue weighted by atomic mass is 19.4. The maximum absolute atomic E-state index is 12.7. The largest absolute Gasteiger partial charge is 0.497 e. The van der Waals surface area contributed by atoms with E-state index in [9.17, 15) is 18.0 Å². The average molecular weight is 364 g/mol. The number of alkyl halides is 3. The summed E-state index contributed by atoms with van der Waals surface area (Å²) >= 11 is 0. The van der Waals surface area contributed by atoms with Crippen LogP contribution in [-0.2, 0) is 28.5 Å². The third-order valence-electron chi connectivity index (χ3n) is 4.71. The predicted molar refractivity (Wildman–Crippen MR) is 89.8 cm³/mol. The van der Waals surface area contributed by atoms with E-state index in [1.165, 1.54) is 12.1 Å². The zero-order valence-corrected chi connectivity index (χ0v) is 14.3. The second-order valence-corrected chi connectivity index (χ2v) is 6.45. The van der Waals surface area contributed by atoms with Crippen LogP contribution in [0.2, 0.25) is 0 Å². The van der Waals surface area contributed by atoms with Gasteiger partial charge in [0.05, 0.1) is 25.2 Å². The number of ether oxygens (including phenoxy) is 2. The standard InChI is InChI=1S/C20H19F3O3/c1-25-17-8-4-13(5-9-17)10-15-12-26-19(24)18(15)11-14-2-6-16(7-3-14)20(21,22)23/h2-9,15,18H,10-12H2,1H3. The lowest BCUT2D eigenvalue weighted by Gasteiger charge is -2.16. The summed E-state index contributed by atoms with van der Waals surface area (Å²) in [5, 5.41) is 0. The van der Waals surface area contributed by atoms with Gasteiger partial charge < -0.3 is 9.47 Å². The first-order valence-electron chi connectivity index (χ1n) is 8.32. The molecule has 138 valence electrons. The highest BCUT2D eigenvalue weighted by Crippen LogP contribution is 2.32. The predicted octanol–water partition coefficient (Wildman–Crippen LogP) is 4.29. The number of esters is 1. The molecule has 0 N–H and O–H groups in total. The van der Waals surface area contributed by atoms with Gasteiger partial charge in [-0.25, -0.2) is 0 Å². The van der Waals surface area contributed by atoms with E-state index >= 15 is 0 Å². The van der Waals surface area contributed by atoms with Gasteiger partial charge in [-0.2, -0.15) is 13.2 Å². The van der Waals surface area contributed by atoms with Crippen molar-refractivity contribution in [2.75, 3.05) is 13.7 Å². The fraction of sp³-hybridized carbons (Fsp3) is 0.350. The van der Waals surface area contributed by atoms with Gasteiger partial charge in [-0.05, 0) is 48.2 Å². The number of hydrogen-bond donors (Lipinski definition) is 0. The number of rotatable bonds is 5. The van der Waals surface area contributed by atoms with E-state index in [1.54, 1.807) is 7.11 Å². The van der Waals surface area contributed by atoms with Gasteiger partial charge in [0.1, 0.15) is 5.75 Å². The zero-order chi connectivity index (χ0) is 18.7. The molecule has 3 nitrogen and oxygen atoms in total. The summed E-state index contributed by atoms with van der Waals surface area (Å²) in [5.74, 6) is 0.115. The highest BCUT2D eigenvalue weighted by molar-refractivity contribution is 5.75. The van der Waals surface area contributed by atoms with Crippen LogP contribution < -0.4 is 4.74 Å². The van der Waals surface area contributed by atoms with Crippen LogP contribution >= 0.6 is 0 Å². The van der Waals surface area contributed by atoms with Crippen molar-refractivity contribution < 1.29 is 27.4 Å². The quantitative estimate of drug-likeness (QED) is 0.743. The molecule has 2 aromatic rings. The van der Waals surface area contributed by atoms with Crippen molar-refractivity contribution in [2.45, 2.75) is 19.0 Å². The molecule has 1 aliphatic heterocycles. The van der Waals surface area contributed by atoms with Crippen LogP contribution in [0.1, 0.15) is 16.7 Å². The number of hydrogen-bond acceptors (Lipinski definition) is 3. The Kier molecular flexibility index (Phi) is 5.20. The molecule has 2 atom stereocenters. The van der Waals surface area contributed by atoms with Crippen molar-refractivity contribution in [2.24, 2.45) is 11.8 Å². The normalized spacial score (nSPS) is 20.1. The number of benzene rings is 2. The van der Waals surface area contributed by atoms with Crippen molar-refractivity contribution >= 4 is 5.97 Å². The molecule has 1 saturated heterocycles. The topological polar surface area (TPSA) is 35.5 Å². The van der Waals surface area contributed by atoms with Crippen LogP contribution in [0.15, 0.2) is 48.5 Å². The molecule has 1 heterocycles. The van der Waals surface area contributed by atoms with E-state index in [1.807, 2.05) is 24.3 Å². The molecule has 0 radical (unpaired) electrons. The lowest BCUT2D eigenvalue weighted by atomic mass is 9.85. The van der Waals surface area contributed by atoms with Crippen LogP contribution in [0, 0.1) is 11.8 Å².